The zero-order valence-corrected chi connectivity index (χ0v) is 8.65. The van der Waals surface area contributed by atoms with E-state index in [0.29, 0.717) is 0 Å². The van der Waals surface area contributed by atoms with Crippen molar-refractivity contribution in [1.82, 2.24) is 0 Å². The lowest BCUT2D eigenvalue weighted by atomic mass is 10.0. The molecule has 4 nitrogen and oxygen atoms in total. The largest absolute Gasteiger partial charge is 0.479 e. The van der Waals surface area contributed by atoms with Crippen molar-refractivity contribution in [3.8, 4) is 5.75 Å². The van der Waals surface area contributed by atoms with Crippen LogP contribution in [0.5, 0.6) is 5.75 Å². The van der Waals surface area contributed by atoms with Crippen LogP contribution in [0.3, 0.4) is 0 Å². The number of hydrogen-bond donors (Lipinski definition) is 2. The molecule has 1 aromatic carbocycles. The van der Waals surface area contributed by atoms with Gasteiger partial charge < -0.3 is 14.9 Å². The van der Waals surface area contributed by atoms with E-state index in [4.69, 9.17) is 5.11 Å². The molecular weight excluding hydrogens is 241 g/mol. The number of ether oxygens (including phenoxy) is 1. The van der Waals surface area contributed by atoms with E-state index < -0.39 is 35.8 Å². The van der Waals surface area contributed by atoms with Crippen molar-refractivity contribution in [1.29, 1.82) is 0 Å². The second-order valence-electron chi connectivity index (χ2n) is 3.23. The molecule has 2 N–H and O–H groups in total. The van der Waals surface area contributed by atoms with Crippen molar-refractivity contribution in [3.63, 3.8) is 0 Å². The molecule has 1 unspecified atom stereocenters. The average molecular weight is 250 g/mol. The fraction of sp³-hybridized carbons (Fsp3) is 0.300. The number of carboxylic acids is 1. The third-order valence-corrected chi connectivity index (χ3v) is 2.08. The fourth-order valence-corrected chi connectivity index (χ4v) is 1.34. The number of carboxylic acid groups (broad SMARTS) is 1. The molecule has 0 aliphatic carbocycles. The van der Waals surface area contributed by atoms with Crippen molar-refractivity contribution in [3.05, 3.63) is 29.1 Å². The third-order valence-electron chi connectivity index (χ3n) is 2.08. The second kappa shape index (κ2) is 5.05. The van der Waals surface area contributed by atoms with Crippen LogP contribution in [-0.2, 0) is 4.79 Å². The van der Waals surface area contributed by atoms with Crippen molar-refractivity contribution in [2.24, 2.45) is 0 Å². The molecule has 0 heterocycles. The van der Waals surface area contributed by atoms with Gasteiger partial charge in [-0.15, -0.1) is 0 Å². The van der Waals surface area contributed by atoms with E-state index in [2.05, 4.69) is 4.74 Å². The lowest BCUT2D eigenvalue weighted by molar-refractivity contribution is -0.147. The Kier molecular flexibility index (Phi) is 3.95. The van der Waals surface area contributed by atoms with Gasteiger partial charge in [0.05, 0.1) is 0 Å². The minimum Gasteiger partial charge on any atom is -0.479 e. The zero-order chi connectivity index (χ0) is 13.2. The van der Waals surface area contributed by atoms with Crippen LogP contribution in [-0.4, -0.2) is 22.8 Å². The highest BCUT2D eigenvalue weighted by Crippen LogP contribution is 2.32. The topological polar surface area (TPSA) is 66.8 Å². The number of benzene rings is 1. The predicted molar refractivity (Wildman–Crippen MR) is 50.4 cm³/mol. The van der Waals surface area contributed by atoms with E-state index in [0.717, 1.165) is 12.1 Å². The maximum atomic E-state index is 13.3. The van der Waals surface area contributed by atoms with E-state index in [9.17, 15) is 23.1 Å². The highest BCUT2D eigenvalue weighted by atomic mass is 19.3. The molecule has 94 valence electrons. The molecule has 0 fully saturated rings. The Morgan fingerprint density at radius 1 is 1.41 bits per heavy atom. The minimum absolute atomic E-state index is 0.136. The van der Waals surface area contributed by atoms with Crippen LogP contribution in [0.25, 0.3) is 0 Å². The molecule has 0 bridgehead atoms. The van der Waals surface area contributed by atoms with Crippen LogP contribution < -0.4 is 4.74 Å². The van der Waals surface area contributed by atoms with Crippen LogP contribution >= 0.6 is 0 Å². The lowest BCUT2D eigenvalue weighted by Gasteiger charge is -2.16. The van der Waals surface area contributed by atoms with Gasteiger partial charge in [0, 0.05) is 5.56 Å². The number of carbonyl (C=O) groups is 1. The first-order valence-corrected chi connectivity index (χ1v) is 4.49. The van der Waals surface area contributed by atoms with E-state index in [1.54, 1.807) is 0 Å². The number of aliphatic hydroxyl groups is 1. The maximum Gasteiger partial charge on any atom is 0.387 e. The smallest absolute Gasteiger partial charge is 0.387 e. The molecule has 0 aromatic heterocycles. The molecule has 17 heavy (non-hydrogen) atoms. The summed E-state index contributed by atoms with van der Waals surface area (Å²) < 4.78 is 41.3. The Bertz CT molecular complexity index is 434. The second-order valence-corrected chi connectivity index (χ2v) is 3.23. The van der Waals surface area contributed by atoms with Crippen molar-refractivity contribution in [2.45, 2.75) is 19.6 Å². The van der Waals surface area contributed by atoms with Crippen LogP contribution in [0.1, 0.15) is 17.2 Å². The monoisotopic (exact) mass is 250 g/mol. The van der Waals surface area contributed by atoms with E-state index in [1.165, 1.54) is 6.92 Å². The predicted octanol–water partition coefficient (Wildman–Crippen LogP) is 1.85. The molecule has 0 amide bonds. The van der Waals surface area contributed by atoms with Gasteiger partial charge in [-0.25, -0.2) is 9.18 Å². The summed E-state index contributed by atoms with van der Waals surface area (Å²) in [4.78, 5) is 10.6. The summed E-state index contributed by atoms with van der Waals surface area (Å²) in [5.74, 6) is -3.79. The summed E-state index contributed by atoms with van der Waals surface area (Å²) in [6, 6.07) is 2.01. The Balaban J connectivity index is 3.34. The number of alkyl halides is 2. The molecule has 0 saturated heterocycles. The molecule has 0 spiro atoms. The molecule has 1 rings (SSSR count). The van der Waals surface area contributed by atoms with Gasteiger partial charge >= 0.3 is 12.6 Å². The Morgan fingerprint density at radius 3 is 2.47 bits per heavy atom. The van der Waals surface area contributed by atoms with Crippen LogP contribution in [0.15, 0.2) is 12.1 Å². The average Bonchev–Trinajstić information content (AvgIpc) is 2.22. The first kappa shape index (κ1) is 13.3. The van der Waals surface area contributed by atoms with Crippen LogP contribution in [0, 0.1) is 12.7 Å². The van der Waals surface area contributed by atoms with Crippen LogP contribution in [0.2, 0.25) is 0 Å². The van der Waals surface area contributed by atoms with Gasteiger partial charge in [0.2, 0.25) is 0 Å². The summed E-state index contributed by atoms with van der Waals surface area (Å²) in [7, 11) is 0. The van der Waals surface area contributed by atoms with Gasteiger partial charge in [0.15, 0.2) is 17.7 Å². The van der Waals surface area contributed by atoms with Gasteiger partial charge in [-0.2, -0.15) is 8.78 Å². The molecule has 0 aliphatic rings. The first-order valence-electron chi connectivity index (χ1n) is 4.49. The Labute approximate surface area is 94.3 Å². The van der Waals surface area contributed by atoms with Gasteiger partial charge in [0.1, 0.15) is 0 Å². The van der Waals surface area contributed by atoms with Gasteiger partial charge in [0.25, 0.3) is 0 Å². The standard InChI is InChI=1S/C10H9F3O4/c1-4-2-3-5(11)8(17-10(12)13)6(4)7(14)9(15)16/h2-3,7,10,14H,1H3,(H,15,16). The summed E-state index contributed by atoms with van der Waals surface area (Å²) in [5, 5.41) is 17.9. The maximum absolute atomic E-state index is 13.3. The van der Waals surface area contributed by atoms with Crippen molar-refractivity contribution < 1.29 is 32.9 Å². The lowest BCUT2D eigenvalue weighted by Crippen LogP contribution is -2.16. The van der Waals surface area contributed by atoms with Gasteiger partial charge in [-0.1, -0.05) is 6.07 Å². The number of aliphatic hydroxyl groups excluding tert-OH is 1. The summed E-state index contributed by atoms with van der Waals surface area (Å²) in [6.07, 6.45) is -2.13. The SMILES string of the molecule is Cc1ccc(F)c(OC(F)F)c1C(O)C(=O)O. The van der Waals surface area contributed by atoms with Crippen molar-refractivity contribution in [2.75, 3.05) is 0 Å². The first-order chi connectivity index (χ1) is 7.84. The Morgan fingerprint density at radius 2 is 2.00 bits per heavy atom. The fourth-order valence-electron chi connectivity index (χ4n) is 1.34. The molecule has 1 atom stereocenters. The van der Waals surface area contributed by atoms with Crippen LogP contribution in [0.4, 0.5) is 13.2 Å². The number of aryl methyl sites for hydroxylation is 1. The highest BCUT2D eigenvalue weighted by molar-refractivity contribution is 5.76. The van der Waals surface area contributed by atoms with E-state index in [-0.39, 0.29) is 5.56 Å². The third kappa shape index (κ3) is 2.88. The molecule has 7 heteroatoms. The Hall–Kier alpha value is -1.76. The molecule has 0 radical (unpaired) electrons. The molecule has 0 saturated carbocycles. The molecular formula is C10H9F3O4. The van der Waals surface area contributed by atoms with E-state index >= 15 is 0 Å². The number of hydrogen-bond acceptors (Lipinski definition) is 3. The highest BCUT2D eigenvalue weighted by Gasteiger charge is 2.26. The van der Waals surface area contributed by atoms with Gasteiger partial charge in [-0.05, 0) is 18.6 Å². The van der Waals surface area contributed by atoms with Crippen molar-refractivity contribution >= 4 is 5.97 Å². The quantitative estimate of drug-likeness (QED) is 0.855. The molecule has 1 aromatic rings. The number of aliphatic carboxylic acids is 1. The number of halogens is 3. The van der Waals surface area contributed by atoms with E-state index in [1.807, 2.05) is 0 Å². The summed E-state index contributed by atoms with van der Waals surface area (Å²) in [6.45, 7) is -1.97. The normalized spacial score (nSPS) is 12.6. The number of rotatable bonds is 4. The van der Waals surface area contributed by atoms with Gasteiger partial charge in [-0.3, -0.25) is 0 Å². The summed E-state index contributed by atoms with van der Waals surface area (Å²) >= 11 is 0. The minimum atomic E-state index is -3.31. The zero-order valence-electron chi connectivity index (χ0n) is 8.65. The summed E-state index contributed by atoms with van der Waals surface area (Å²) in [5.41, 5.74) is -0.380. The molecule has 0 aliphatic heterocycles.